The molecule has 1 aliphatic rings. The molecule has 2 nitrogen and oxygen atoms in total. The quantitative estimate of drug-likeness (QED) is 0.860. The molecule has 0 aromatic heterocycles. The van der Waals surface area contributed by atoms with Crippen LogP contribution in [0.1, 0.15) is 37.4 Å². The highest BCUT2D eigenvalue weighted by Gasteiger charge is 2.25. The Bertz CT molecular complexity index is 651. The second-order valence-electron chi connectivity index (χ2n) is 5.89. The topological polar surface area (TPSA) is 29.3 Å². The molecule has 1 unspecified atom stereocenters. The maximum absolute atomic E-state index is 6.54. The van der Waals surface area contributed by atoms with Crippen molar-refractivity contribution in [2.45, 2.75) is 38.8 Å². The minimum atomic E-state index is 0.00242. The minimum Gasteiger partial charge on any atom is -0.337 e. The highest BCUT2D eigenvalue weighted by atomic mass is 35.5. The van der Waals surface area contributed by atoms with Crippen LogP contribution in [0.5, 0.6) is 0 Å². The van der Waals surface area contributed by atoms with Crippen molar-refractivity contribution in [3.05, 3.63) is 58.6 Å². The van der Waals surface area contributed by atoms with Crippen molar-refractivity contribution in [2.75, 3.05) is 4.90 Å². The van der Waals surface area contributed by atoms with Gasteiger partial charge in [0.25, 0.3) is 0 Å². The van der Waals surface area contributed by atoms with Gasteiger partial charge in [-0.1, -0.05) is 35.9 Å². The zero-order valence-corrected chi connectivity index (χ0v) is 13.3. The van der Waals surface area contributed by atoms with Gasteiger partial charge in [-0.3, -0.25) is 0 Å². The Morgan fingerprint density at radius 1 is 1.19 bits per heavy atom. The molecular weight excluding hydrogens is 280 g/mol. The third-order valence-electron chi connectivity index (χ3n) is 4.28. The molecule has 0 aliphatic carbocycles. The number of rotatable bonds is 2. The zero-order valence-electron chi connectivity index (χ0n) is 12.5. The number of nitrogens with two attached hydrogens (primary N) is 1. The number of anilines is 2. The second kappa shape index (κ2) is 5.70. The smallest absolute Gasteiger partial charge is 0.0646 e. The van der Waals surface area contributed by atoms with Crippen molar-refractivity contribution in [1.29, 1.82) is 0 Å². The molecule has 2 aromatic rings. The summed E-state index contributed by atoms with van der Waals surface area (Å²) in [5, 5.41) is 0.772. The first-order valence-corrected chi connectivity index (χ1v) is 7.88. The van der Waals surface area contributed by atoms with Crippen molar-refractivity contribution < 1.29 is 0 Å². The van der Waals surface area contributed by atoms with Gasteiger partial charge < -0.3 is 10.6 Å². The van der Waals surface area contributed by atoms with E-state index in [1.807, 2.05) is 13.0 Å². The van der Waals surface area contributed by atoms with E-state index in [2.05, 4.69) is 48.2 Å². The van der Waals surface area contributed by atoms with Crippen LogP contribution in [0.15, 0.2) is 42.5 Å². The molecule has 0 amide bonds. The molecule has 110 valence electrons. The summed E-state index contributed by atoms with van der Waals surface area (Å²) in [5.74, 6) is 0. The van der Waals surface area contributed by atoms with Crippen LogP contribution in [-0.4, -0.2) is 6.04 Å². The van der Waals surface area contributed by atoms with E-state index in [0.29, 0.717) is 6.04 Å². The fourth-order valence-corrected chi connectivity index (χ4v) is 3.34. The molecule has 2 atom stereocenters. The van der Waals surface area contributed by atoms with E-state index in [1.54, 1.807) is 0 Å². The summed E-state index contributed by atoms with van der Waals surface area (Å²) in [5.41, 5.74) is 10.7. The number of aryl methyl sites for hydroxylation is 1. The van der Waals surface area contributed by atoms with E-state index in [1.165, 1.54) is 11.3 Å². The molecular formula is C18H21ClN2. The highest BCUT2D eigenvalue weighted by Crippen LogP contribution is 2.40. The van der Waals surface area contributed by atoms with Gasteiger partial charge in [-0.15, -0.1) is 0 Å². The average molecular weight is 301 g/mol. The SMILES string of the molecule is CC1CCc2ccccc2N1c1ccc([C@@H](C)N)cc1Cl. The number of hydrogen-bond donors (Lipinski definition) is 1. The first-order chi connectivity index (χ1) is 10.1. The average Bonchev–Trinajstić information content (AvgIpc) is 2.48. The molecule has 3 heteroatoms. The van der Waals surface area contributed by atoms with Gasteiger partial charge in [-0.2, -0.15) is 0 Å². The first kappa shape index (κ1) is 14.4. The summed E-state index contributed by atoms with van der Waals surface area (Å²) in [6, 6.07) is 15.2. The number of fused-ring (bicyclic) bond motifs is 1. The van der Waals surface area contributed by atoms with Crippen LogP contribution >= 0.6 is 11.6 Å². The number of hydrogen-bond acceptors (Lipinski definition) is 2. The number of benzene rings is 2. The van der Waals surface area contributed by atoms with Crippen molar-refractivity contribution >= 4 is 23.0 Å². The fourth-order valence-electron chi connectivity index (χ4n) is 3.06. The van der Waals surface area contributed by atoms with Gasteiger partial charge in [-0.25, -0.2) is 0 Å². The van der Waals surface area contributed by atoms with Crippen LogP contribution < -0.4 is 10.6 Å². The molecule has 2 aromatic carbocycles. The summed E-state index contributed by atoms with van der Waals surface area (Å²) in [7, 11) is 0. The Hall–Kier alpha value is -1.51. The predicted octanol–water partition coefficient (Wildman–Crippen LogP) is 4.83. The van der Waals surface area contributed by atoms with Gasteiger partial charge in [0.2, 0.25) is 0 Å². The third kappa shape index (κ3) is 2.66. The molecule has 1 heterocycles. The van der Waals surface area contributed by atoms with Gasteiger partial charge in [0.15, 0.2) is 0 Å². The van der Waals surface area contributed by atoms with Crippen molar-refractivity contribution in [3.8, 4) is 0 Å². The summed E-state index contributed by atoms with van der Waals surface area (Å²) in [6.07, 6.45) is 2.27. The molecule has 21 heavy (non-hydrogen) atoms. The summed E-state index contributed by atoms with van der Waals surface area (Å²) < 4.78 is 0. The molecule has 0 saturated heterocycles. The lowest BCUT2D eigenvalue weighted by Crippen LogP contribution is -2.33. The summed E-state index contributed by atoms with van der Waals surface area (Å²) >= 11 is 6.54. The van der Waals surface area contributed by atoms with E-state index in [0.717, 1.165) is 29.1 Å². The van der Waals surface area contributed by atoms with Gasteiger partial charge in [0.05, 0.1) is 10.7 Å². The summed E-state index contributed by atoms with van der Waals surface area (Å²) in [6.45, 7) is 4.23. The van der Waals surface area contributed by atoms with Crippen LogP contribution in [0.2, 0.25) is 5.02 Å². The van der Waals surface area contributed by atoms with Crippen LogP contribution in [-0.2, 0) is 6.42 Å². The Balaban J connectivity index is 2.07. The van der Waals surface area contributed by atoms with Gasteiger partial charge in [0.1, 0.15) is 0 Å². The van der Waals surface area contributed by atoms with E-state index in [-0.39, 0.29) is 6.04 Å². The highest BCUT2D eigenvalue weighted by molar-refractivity contribution is 6.33. The number of para-hydroxylation sites is 1. The van der Waals surface area contributed by atoms with Gasteiger partial charge in [0, 0.05) is 17.8 Å². The Kier molecular flexibility index (Phi) is 3.92. The van der Waals surface area contributed by atoms with Crippen molar-refractivity contribution in [3.63, 3.8) is 0 Å². The van der Waals surface area contributed by atoms with Crippen LogP contribution in [0, 0.1) is 0 Å². The monoisotopic (exact) mass is 300 g/mol. The van der Waals surface area contributed by atoms with Crippen LogP contribution in [0.25, 0.3) is 0 Å². The van der Waals surface area contributed by atoms with E-state index in [4.69, 9.17) is 17.3 Å². The number of halogens is 1. The molecule has 0 saturated carbocycles. The van der Waals surface area contributed by atoms with Crippen LogP contribution in [0.4, 0.5) is 11.4 Å². The molecule has 0 bridgehead atoms. The van der Waals surface area contributed by atoms with E-state index >= 15 is 0 Å². The molecule has 3 rings (SSSR count). The Morgan fingerprint density at radius 2 is 1.95 bits per heavy atom. The van der Waals surface area contributed by atoms with Crippen molar-refractivity contribution in [1.82, 2.24) is 0 Å². The van der Waals surface area contributed by atoms with Gasteiger partial charge in [-0.05, 0) is 56.0 Å². The second-order valence-corrected chi connectivity index (χ2v) is 6.29. The molecule has 1 aliphatic heterocycles. The maximum Gasteiger partial charge on any atom is 0.0646 e. The zero-order chi connectivity index (χ0) is 15.0. The lowest BCUT2D eigenvalue weighted by Gasteiger charge is -2.37. The third-order valence-corrected chi connectivity index (χ3v) is 4.58. The fraction of sp³-hybridized carbons (Fsp3) is 0.333. The normalized spacial score (nSPS) is 19.2. The maximum atomic E-state index is 6.54. The molecule has 0 spiro atoms. The minimum absolute atomic E-state index is 0.00242. The van der Waals surface area contributed by atoms with Crippen molar-refractivity contribution in [2.24, 2.45) is 5.73 Å². The lowest BCUT2D eigenvalue weighted by atomic mass is 9.95. The molecule has 0 radical (unpaired) electrons. The number of nitrogens with zero attached hydrogens (tertiary/aromatic N) is 1. The standard InChI is InChI=1S/C18H21ClN2/c1-12-7-8-14-5-3-4-6-17(14)21(12)18-10-9-15(13(2)20)11-16(18)19/h3-6,9-13H,7-8,20H2,1-2H3/t12?,13-/m1/s1. The first-order valence-electron chi connectivity index (χ1n) is 7.50. The lowest BCUT2D eigenvalue weighted by molar-refractivity contribution is 0.618. The van der Waals surface area contributed by atoms with E-state index < -0.39 is 0 Å². The van der Waals surface area contributed by atoms with Gasteiger partial charge >= 0.3 is 0 Å². The molecule has 0 fully saturated rings. The van der Waals surface area contributed by atoms with Crippen LogP contribution in [0.3, 0.4) is 0 Å². The Labute approximate surface area is 131 Å². The largest absolute Gasteiger partial charge is 0.337 e. The predicted molar refractivity (Wildman–Crippen MR) is 90.4 cm³/mol. The molecule has 2 N–H and O–H groups in total. The Morgan fingerprint density at radius 3 is 2.67 bits per heavy atom. The summed E-state index contributed by atoms with van der Waals surface area (Å²) in [4.78, 5) is 2.35. The van der Waals surface area contributed by atoms with E-state index in [9.17, 15) is 0 Å².